The van der Waals surface area contributed by atoms with Crippen LogP contribution in [0.5, 0.6) is 0 Å². The van der Waals surface area contributed by atoms with Gasteiger partial charge in [0.25, 0.3) is 0 Å². The maximum absolute atomic E-state index is 13.7. The van der Waals surface area contributed by atoms with Crippen LogP contribution in [0.15, 0.2) is 51.5 Å². The summed E-state index contributed by atoms with van der Waals surface area (Å²) in [6.07, 6.45) is 9.40. The standard InChI is InChI=1S/C29H40N2O3S/c1-18(2)20-5-13-25-21(17-20)6-14-26-27(25)19(3)15-16-29(26,4)28(32)30-22-9-11-24(12-10-22)35(33,34)31-23-7-8-23/h9-12,18-20,23,31H,5-8,13-17H2,1-4H3,(H,30,32)/t19-,20-,29-/m0/s1. The Morgan fingerprint density at radius 1 is 1.03 bits per heavy atom. The highest BCUT2D eigenvalue weighted by molar-refractivity contribution is 7.89. The molecule has 0 radical (unpaired) electrons. The number of benzene rings is 1. The average molecular weight is 497 g/mol. The number of carbonyl (C=O) groups is 1. The second-order valence-corrected chi connectivity index (χ2v) is 13.6. The molecule has 1 aromatic carbocycles. The number of sulfonamides is 1. The molecule has 1 saturated carbocycles. The van der Waals surface area contributed by atoms with E-state index >= 15 is 0 Å². The van der Waals surface area contributed by atoms with Gasteiger partial charge in [0.15, 0.2) is 0 Å². The van der Waals surface area contributed by atoms with Gasteiger partial charge in [-0.2, -0.15) is 0 Å². The summed E-state index contributed by atoms with van der Waals surface area (Å²) in [4.78, 5) is 13.9. The van der Waals surface area contributed by atoms with Crippen molar-refractivity contribution < 1.29 is 13.2 Å². The Hall–Kier alpha value is -1.92. The number of anilines is 1. The highest BCUT2D eigenvalue weighted by atomic mass is 32.2. The molecule has 6 heteroatoms. The Morgan fingerprint density at radius 2 is 1.74 bits per heavy atom. The van der Waals surface area contributed by atoms with Crippen molar-refractivity contribution in [3.05, 3.63) is 46.6 Å². The highest BCUT2D eigenvalue weighted by Gasteiger charge is 2.45. The first-order chi connectivity index (χ1) is 16.6. The van der Waals surface area contributed by atoms with Gasteiger partial charge in [-0.05, 0) is 118 Å². The molecular weight excluding hydrogens is 456 g/mol. The van der Waals surface area contributed by atoms with Crippen molar-refractivity contribution in [3.8, 4) is 0 Å². The van der Waals surface area contributed by atoms with E-state index < -0.39 is 15.4 Å². The Labute approximate surface area is 210 Å². The third-order valence-corrected chi connectivity index (χ3v) is 10.6. The van der Waals surface area contributed by atoms with Crippen LogP contribution in [-0.4, -0.2) is 20.4 Å². The average Bonchev–Trinajstić information content (AvgIpc) is 3.64. The maximum atomic E-state index is 13.7. The molecule has 0 unspecified atom stereocenters. The molecule has 3 atom stereocenters. The van der Waals surface area contributed by atoms with E-state index in [9.17, 15) is 13.2 Å². The molecule has 190 valence electrons. The molecule has 2 N–H and O–H groups in total. The summed E-state index contributed by atoms with van der Waals surface area (Å²) in [5.74, 6) is 2.06. The number of carbonyl (C=O) groups excluding carboxylic acids is 1. The minimum atomic E-state index is -3.49. The summed E-state index contributed by atoms with van der Waals surface area (Å²) in [5, 5.41) is 3.12. The summed E-state index contributed by atoms with van der Waals surface area (Å²) < 4.78 is 27.6. The molecule has 4 aliphatic rings. The molecule has 1 amide bonds. The van der Waals surface area contributed by atoms with Crippen LogP contribution in [-0.2, 0) is 14.8 Å². The van der Waals surface area contributed by atoms with Gasteiger partial charge in [-0.15, -0.1) is 0 Å². The molecule has 4 aliphatic carbocycles. The van der Waals surface area contributed by atoms with E-state index in [0.29, 0.717) is 11.6 Å². The smallest absolute Gasteiger partial charge is 0.240 e. The third kappa shape index (κ3) is 4.76. The minimum Gasteiger partial charge on any atom is -0.325 e. The minimum absolute atomic E-state index is 0.0310. The van der Waals surface area contributed by atoms with E-state index in [1.165, 1.54) is 24.0 Å². The highest BCUT2D eigenvalue weighted by Crippen LogP contribution is 2.54. The Kier molecular flexibility index (Phi) is 6.50. The summed E-state index contributed by atoms with van der Waals surface area (Å²) in [6, 6.07) is 6.65. The predicted molar refractivity (Wildman–Crippen MR) is 140 cm³/mol. The lowest BCUT2D eigenvalue weighted by Gasteiger charge is -2.45. The number of hydrogen-bond donors (Lipinski definition) is 2. The van der Waals surface area contributed by atoms with Crippen molar-refractivity contribution >= 4 is 21.6 Å². The molecule has 0 spiro atoms. The van der Waals surface area contributed by atoms with E-state index in [4.69, 9.17) is 0 Å². The number of rotatable bonds is 6. The molecule has 0 aromatic heterocycles. The van der Waals surface area contributed by atoms with Gasteiger partial charge in [-0.1, -0.05) is 31.9 Å². The van der Waals surface area contributed by atoms with E-state index in [2.05, 4.69) is 37.7 Å². The van der Waals surface area contributed by atoms with Crippen molar-refractivity contribution in [2.45, 2.75) is 96.4 Å². The molecule has 1 fully saturated rings. The van der Waals surface area contributed by atoms with Gasteiger partial charge in [0.1, 0.15) is 0 Å². The predicted octanol–water partition coefficient (Wildman–Crippen LogP) is 6.35. The first kappa shape index (κ1) is 24.8. The Morgan fingerprint density at radius 3 is 2.40 bits per heavy atom. The topological polar surface area (TPSA) is 75.3 Å². The number of hydrogen-bond acceptors (Lipinski definition) is 3. The lowest BCUT2D eigenvalue weighted by molar-refractivity contribution is -0.123. The van der Waals surface area contributed by atoms with Crippen LogP contribution >= 0.6 is 0 Å². The van der Waals surface area contributed by atoms with Crippen LogP contribution in [0.25, 0.3) is 0 Å². The van der Waals surface area contributed by atoms with Gasteiger partial charge in [0.05, 0.1) is 10.3 Å². The number of allylic oxidation sites excluding steroid dienone is 3. The van der Waals surface area contributed by atoms with Crippen molar-refractivity contribution in [1.82, 2.24) is 4.72 Å². The van der Waals surface area contributed by atoms with Crippen LogP contribution in [0.4, 0.5) is 5.69 Å². The Balaban J connectivity index is 1.37. The molecule has 0 saturated heterocycles. The van der Waals surface area contributed by atoms with Crippen molar-refractivity contribution in [2.24, 2.45) is 23.2 Å². The fourth-order valence-corrected chi connectivity index (χ4v) is 7.79. The summed E-state index contributed by atoms with van der Waals surface area (Å²) >= 11 is 0. The van der Waals surface area contributed by atoms with Crippen LogP contribution in [0.3, 0.4) is 0 Å². The molecule has 0 heterocycles. The number of nitrogens with one attached hydrogen (secondary N) is 2. The second-order valence-electron chi connectivity index (χ2n) is 11.9. The lowest BCUT2D eigenvalue weighted by Crippen LogP contribution is -2.41. The van der Waals surface area contributed by atoms with Crippen LogP contribution < -0.4 is 10.0 Å². The van der Waals surface area contributed by atoms with Crippen LogP contribution in [0, 0.1) is 23.2 Å². The van der Waals surface area contributed by atoms with Gasteiger partial charge in [0.2, 0.25) is 15.9 Å². The lowest BCUT2D eigenvalue weighted by atomic mass is 9.59. The Bertz CT molecular complexity index is 1170. The van der Waals surface area contributed by atoms with Crippen molar-refractivity contribution in [3.63, 3.8) is 0 Å². The molecule has 5 nitrogen and oxygen atoms in total. The molecule has 1 aromatic rings. The third-order valence-electron chi connectivity index (χ3n) is 9.03. The summed E-state index contributed by atoms with van der Waals surface area (Å²) in [7, 11) is -3.49. The molecule has 35 heavy (non-hydrogen) atoms. The fraction of sp³-hybridized carbons (Fsp3) is 0.621. The molecule has 5 rings (SSSR count). The second kappa shape index (κ2) is 9.19. The van der Waals surface area contributed by atoms with Crippen molar-refractivity contribution in [2.75, 3.05) is 5.32 Å². The molecule has 0 aliphatic heterocycles. The van der Waals surface area contributed by atoms with Gasteiger partial charge in [0, 0.05) is 11.7 Å². The van der Waals surface area contributed by atoms with E-state index in [0.717, 1.165) is 56.8 Å². The normalized spacial score (nSPS) is 29.2. The zero-order valence-corrected chi connectivity index (χ0v) is 22.4. The van der Waals surface area contributed by atoms with E-state index in [-0.39, 0.29) is 16.8 Å². The largest absolute Gasteiger partial charge is 0.325 e. The van der Waals surface area contributed by atoms with Crippen LogP contribution in [0.1, 0.15) is 85.5 Å². The van der Waals surface area contributed by atoms with E-state index in [1.807, 2.05) is 0 Å². The summed E-state index contributed by atoms with van der Waals surface area (Å²) in [6.45, 7) is 9.15. The monoisotopic (exact) mass is 496 g/mol. The van der Waals surface area contributed by atoms with Crippen LogP contribution in [0.2, 0.25) is 0 Å². The maximum Gasteiger partial charge on any atom is 0.240 e. The molecular formula is C29H40N2O3S. The zero-order valence-electron chi connectivity index (χ0n) is 21.6. The fourth-order valence-electron chi connectivity index (χ4n) is 6.48. The van der Waals surface area contributed by atoms with Gasteiger partial charge < -0.3 is 5.32 Å². The van der Waals surface area contributed by atoms with Gasteiger partial charge >= 0.3 is 0 Å². The molecule has 0 bridgehead atoms. The SMILES string of the molecule is CC(C)[C@H]1CCC2=C(CCC3=C2[C@@H](C)CC[C@]3(C)C(=O)Nc2ccc(S(=O)(=O)NC3CC3)cc2)C1. The first-order valence-corrected chi connectivity index (χ1v) is 15.0. The zero-order chi connectivity index (χ0) is 25.0. The summed E-state index contributed by atoms with van der Waals surface area (Å²) in [5.41, 5.74) is 6.20. The van der Waals surface area contributed by atoms with Gasteiger partial charge in [-0.3, -0.25) is 4.79 Å². The van der Waals surface area contributed by atoms with Crippen molar-refractivity contribution in [1.29, 1.82) is 0 Å². The first-order valence-electron chi connectivity index (χ1n) is 13.5. The number of amides is 1. The van der Waals surface area contributed by atoms with Gasteiger partial charge in [-0.25, -0.2) is 13.1 Å². The quantitative estimate of drug-likeness (QED) is 0.482. The number of fused-ring (bicyclic) bond motifs is 1. The van der Waals surface area contributed by atoms with E-state index in [1.54, 1.807) is 35.4 Å².